The highest BCUT2D eigenvalue weighted by molar-refractivity contribution is 5.82. The van der Waals surface area contributed by atoms with Crippen LogP contribution in [0.15, 0.2) is 0 Å². The van der Waals surface area contributed by atoms with Gasteiger partial charge in [-0.15, -0.1) is 0 Å². The Morgan fingerprint density at radius 3 is 2.33 bits per heavy atom. The number of carbonyl (C=O) groups is 2. The summed E-state index contributed by atoms with van der Waals surface area (Å²) < 4.78 is 0. The van der Waals surface area contributed by atoms with Crippen LogP contribution in [0.4, 0.5) is 0 Å². The third kappa shape index (κ3) is 7.24. The van der Waals surface area contributed by atoms with Crippen LogP contribution in [0.3, 0.4) is 0 Å². The number of carboxylic acid groups (broad SMARTS) is 1. The van der Waals surface area contributed by atoms with Crippen LogP contribution < -0.4 is 11.1 Å². The van der Waals surface area contributed by atoms with Crippen LogP contribution in [0, 0.1) is 0 Å². The molecule has 0 aromatic carbocycles. The summed E-state index contributed by atoms with van der Waals surface area (Å²) in [5.41, 5.74) is 5.62. The molecule has 0 saturated carbocycles. The van der Waals surface area contributed by atoms with Crippen LogP contribution in [-0.2, 0) is 9.59 Å². The Hall–Kier alpha value is -1.14. The van der Waals surface area contributed by atoms with E-state index in [1.54, 1.807) is 0 Å². The van der Waals surface area contributed by atoms with Gasteiger partial charge in [-0.2, -0.15) is 0 Å². The molecule has 0 aliphatic rings. The maximum Gasteiger partial charge on any atom is 0.303 e. The van der Waals surface area contributed by atoms with Crippen LogP contribution in [0.5, 0.6) is 0 Å². The average molecular weight is 259 g/mol. The van der Waals surface area contributed by atoms with Gasteiger partial charge >= 0.3 is 5.97 Å². The van der Waals surface area contributed by atoms with Crippen molar-refractivity contribution in [1.82, 2.24) is 10.2 Å². The molecule has 0 aromatic heterocycles. The Kier molecular flexibility index (Phi) is 8.32. The van der Waals surface area contributed by atoms with Crippen molar-refractivity contribution in [1.29, 1.82) is 0 Å². The van der Waals surface area contributed by atoms with Crippen molar-refractivity contribution in [2.45, 2.75) is 45.7 Å². The van der Waals surface area contributed by atoms with E-state index in [-0.39, 0.29) is 24.8 Å². The summed E-state index contributed by atoms with van der Waals surface area (Å²) in [5.74, 6) is -1.22. The maximum absolute atomic E-state index is 11.7. The molecule has 0 heterocycles. The Balaban J connectivity index is 4.01. The van der Waals surface area contributed by atoms with Crippen molar-refractivity contribution in [2.75, 3.05) is 19.6 Å². The van der Waals surface area contributed by atoms with E-state index < -0.39 is 12.0 Å². The first-order valence-electron chi connectivity index (χ1n) is 6.40. The topological polar surface area (TPSA) is 95.7 Å². The largest absolute Gasteiger partial charge is 0.481 e. The van der Waals surface area contributed by atoms with Gasteiger partial charge in [-0.25, -0.2) is 0 Å². The number of nitrogens with one attached hydrogen (secondary N) is 1. The summed E-state index contributed by atoms with van der Waals surface area (Å²) in [6, 6.07) is -0.742. The first kappa shape index (κ1) is 16.9. The van der Waals surface area contributed by atoms with Crippen molar-refractivity contribution in [2.24, 2.45) is 5.73 Å². The van der Waals surface area contributed by atoms with Gasteiger partial charge in [0, 0.05) is 19.0 Å². The summed E-state index contributed by atoms with van der Waals surface area (Å²) in [7, 11) is 0. The predicted octanol–water partition coefficient (Wildman–Crippen LogP) is 0.0250. The van der Waals surface area contributed by atoms with Crippen molar-refractivity contribution >= 4 is 11.9 Å². The average Bonchev–Trinajstić information content (AvgIpc) is 2.32. The molecule has 0 aliphatic heterocycles. The van der Waals surface area contributed by atoms with E-state index >= 15 is 0 Å². The van der Waals surface area contributed by atoms with Gasteiger partial charge in [0.2, 0.25) is 5.91 Å². The van der Waals surface area contributed by atoms with E-state index in [0.717, 1.165) is 19.6 Å². The predicted molar refractivity (Wildman–Crippen MR) is 70.2 cm³/mol. The number of aliphatic carboxylic acids is 1. The molecule has 0 aromatic rings. The molecule has 2 unspecified atom stereocenters. The minimum Gasteiger partial charge on any atom is -0.481 e. The van der Waals surface area contributed by atoms with E-state index in [9.17, 15) is 9.59 Å². The molecule has 0 rings (SSSR count). The van der Waals surface area contributed by atoms with Crippen molar-refractivity contribution in [3.05, 3.63) is 0 Å². The molecule has 18 heavy (non-hydrogen) atoms. The molecule has 2 atom stereocenters. The van der Waals surface area contributed by atoms with Crippen molar-refractivity contribution in [3.8, 4) is 0 Å². The number of likely N-dealkylation sites (N-methyl/N-ethyl adjacent to an activating group) is 1. The lowest BCUT2D eigenvalue weighted by atomic mass is 10.1. The summed E-state index contributed by atoms with van der Waals surface area (Å²) in [4.78, 5) is 24.3. The van der Waals surface area contributed by atoms with Gasteiger partial charge in [-0.3, -0.25) is 9.59 Å². The van der Waals surface area contributed by atoms with Gasteiger partial charge in [0.05, 0.1) is 6.04 Å². The van der Waals surface area contributed by atoms with E-state index in [2.05, 4.69) is 24.1 Å². The number of carbonyl (C=O) groups excluding carboxylic acids is 1. The van der Waals surface area contributed by atoms with Gasteiger partial charge in [0.15, 0.2) is 0 Å². The zero-order valence-corrected chi connectivity index (χ0v) is 11.5. The highest BCUT2D eigenvalue weighted by Crippen LogP contribution is 1.97. The van der Waals surface area contributed by atoms with E-state index in [0.29, 0.717) is 0 Å². The second kappa shape index (κ2) is 8.88. The van der Waals surface area contributed by atoms with Gasteiger partial charge in [0.25, 0.3) is 0 Å². The van der Waals surface area contributed by atoms with Crippen LogP contribution in [0.1, 0.15) is 33.6 Å². The highest BCUT2D eigenvalue weighted by atomic mass is 16.4. The fourth-order valence-electron chi connectivity index (χ4n) is 1.67. The molecule has 106 valence electrons. The summed E-state index contributed by atoms with van der Waals surface area (Å²) >= 11 is 0. The third-order valence-corrected chi connectivity index (χ3v) is 2.82. The molecule has 0 saturated heterocycles. The zero-order valence-electron chi connectivity index (χ0n) is 11.5. The molecular weight excluding hydrogens is 234 g/mol. The lowest BCUT2D eigenvalue weighted by molar-refractivity contribution is -0.137. The monoisotopic (exact) mass is 259 g/mol. The quantitative estimate of drug-likeness (QED) is 0.543. The number of hydrogen-bond donors (Lipinski definition) is 3. The number of amides is 1. The Bertz CT molecular complexity index is 267. The molecule has 0 aliphatic carbocycles. The summed E-state index contributed by atoms with van der Waals surface area (Å²) in [6.07, 6.45) is 0.0815. The number of nitrogens with zero attached hydrogens (tertiary/aromatic N) is 1. The minimum absolute atomic E-state index is 0.00766. The molecule has 0 bridgehead atoms. The second-order valence-electron chi connectivity index (χ2n) is 4.43. The molecular formula is C12H25N3O3. The number of nitrogens with two attached hydrogens (primary N) is 1. The Labute approximate surface area is 109 Å². The van der Waals surface area contributed by atoms with Crippen molar-refractivity contribution < 1.29 is 14.7 Å². The fourth-order valence-corrected chi connectivity index (χ4v) is 1.67. The molecule has 0 spiro atoms. The number of hydrogen-bond acceptors (Lipinski definition) is 4. The van der Waals surface area contributed by atoms with Crippen LogP contribution in [0.2, 0.25) is 0 Å². The van der Waals surface area contributed by atoms with E-state index in [1.165, 1.54) is 0 Å². The molecule has 0 fully saturated rings. The fraction of sp³-hybridized carbons (Fsp3) is 0.833. The van der Waals surface area contributed by atoms with Gasteiger partial charge in [0.1, 0.15) is 0 Å². The van der Waals surface area contributed by atoms with E-state index in [4.69, 9.17) is 10.8 Å². The number of carboxylic acids is 1. The summed E-state index contributed by atoms with van der Waals surface area (Å²) in [6.45, 7) is 8.68. The van der Waals surface area contributed by atoms with Gasteiger partial charge in [-0.1, -0.05) is 13.8 Å². The highest BCUT2D eigenvalue weighted by Gasteiger charge is 2.17. The number of rotatable bonds is 9. The smallest absolute Gasteiger partial charge is 0.303 e. The summed E-state index contributed by atoms with van der Waals surface area (Å²) in [5, 5.41) is 11.3. The molecule has 6 nitrogen and oxygen atoms in total. The molecule has 4 N–H and O–H groups in total. The lowest BCUT2D eigenvalue weighted by Crippen LogP contribution is -2.48. The molecule has 0 radical (unpaired) electrons. The molecule has 6 heteroatoms. The standard InChI is InChI=1S/C12H25N3O3/c1-4-15(5-2)8-9(3)14-12(18)10(13)6-7-11(16)17/h9-10H,4-8,13H2,1-3H3,(H,14,18)(H,16,17). The van der Waals surface area contributed by atoms with Crippen LogP contribution in [0.25, 0.3) is 0 Å². The first-order valence-corrected chi connectivity index (χ1v) is 6.40. The molecule has 1 amide bonds. The maximum atomic E-state index is 11.7. The van der Waals surface area contributed by atoms with Gasteiger partial charge < -0.3 is 21.1 Å². The van der Waals surface area contributed by atoms with Crippen molar-refractivity contribution in [3.63, 3.8) is 0 Å². The third-order valence-electron chi connectivity index (χ3n) is 2.82. The van der Waals surface area contributed by atoms with E-state index in [1.807, 2.05) is 6.92 Å². The normalized spacial score (nSPS) is 14.3. The Morgan fingerprint density at radius 1 is 1.33 bits per heavy atom. The second-order valence-corrected chi connectivity index (χ2v) is 4.43. The van der Waals surface area contributed by atoms with Gasteiger partial charge in [-0.05, 0) is 26.4 Å². The minimum atomic E-state index is -0.936. The van der Waals surface area contributed by atoms with Crippen LogP contribution >= 0.6 is 0 Å². The lowest BCUT2D eigenvalue weighted by Gasteiger charge is -2.24. The zero-order chi connectivity index (χ0) is 14.1. The Morgan fingerprint density at radius 2 is 1.89 bits per heavy atom. The van der Waals surface area contributed by atoms with Crippen LogP contribution in [-0.4, -0.2) is 53.6 Å². The SMILES string of the molecule is CCN(CC)CC(C)NC(=O)C(N)CCC(=O)O. The first-order chi connectivity index (χ1) is 8.40.